The summed E-state index contributed by atoms with van der Waals surface area (Å²) in [5, 5.41) is 3.04. The molecular weight excluding hydrogens is 348 g/mol. The lowest BCUT2D eigenvalue weighted by Gasteiger charge is -2.15. The molecule has 0 spiro atoms. The van der Waals surface area contributed by atoms with Gasteiger partial charge in [0.1, 0.15) is 16.5 Å². The molecule has 3 aromatic heterocycles. The first-order chi connectivity index (χ1) is 11.9. The maximum atomic E-state index is 4.90. The minimum Gasteiger partial charge on any atom is -0.341 e. The molecule has 0 atom stereocenters. The Bertz CT molecular complexity index is 1030. The Morgan fingerprint density at radius 1 is 1.12 bits per heavy atom. The molecule has 128 valence electrons. The largest absolute Gasteiger partial charge is 0.341 e. The molecule has 4 nitrogen and oxygen atoms in total. The fraction of sp³-hybridized carbons (Fsp3) is 0.316. The number of aromatic amines is 1. The molecule has 4 rings (SSSR count). The van der Waals surface area contributed by atoms with Crippen LogP contribution in [0.15, 0.2) is 29.1 Å². The van der Waals surface area contributed by atoms with E-state index in [9.17, 15) is 0 Å². The van der Waals surface area contributed by atoms with Crippen molar-refractivity contribution < 1.29 is 0 Å². The maximum Gasteiger partial charge on any atom is 0.144 e. The van der Waals surface area contributed by atoms with Gasteiger partial charge in [-0.25, -0.2) is 15.0 Å². The van der Waals surface area contributed by atoms with Crippen molar-refractivity contribution in [2.45, 2.75) is 34.1 Å². The zero-order valence-corrected chi connectivity index (χ0v) is 16.4. The lowest BCUT2D eigenvalue weighted by Crippen LogP contribution is -2.10. The van der Waals surface area contributed by atoms with Crippen LogP contribution in [0.4, 0.5) is 0 Å². The van der Waals surface area contributed by atoms with Gasteiger partial charge in [-0.1, -0.05) is 26.8 Å². The van der Waals surface area contributed by atoms with E-state index in [1.807, 2.05) is 12.4 Å². The molecule has 3 heterocycles. The van der Waals surface area contributed by atoms with Crippen LogP contribution in [0.2, 0.25) is 0 Å². The lowest BCUT2D eigenvalue weighted by molar-refractivity contribution is 0.402. The van der Waals surface area contributed by atoms with E-state index in [1.165, 1.54) is 4.70 Å². The number of nitrogens with one attached hydrogen (secondary N) is 1. The molecule has 0 amide bonds. The van der Waals surface area contributed by atoms with Gasteiger partial charge < -0.3 is 4.98 Å². The molecule has 4 aromatic rings. The van der Waals surface area contributed by atoms with E-state index in [0.29, 0.717) is 0 Å². The topological polar surface area (TPSA) is 54.5 Å². The Labute approximate surface area is 155 Å². The highest BCUT2D eigenvalue weighted by molar-refractivity contribution is 7.16. The van der Waals surface area contributed by atoms with Crippen molar-refractivity contribution in [3.8, 4) is 22.0 Å². The Balaban J connectivity index is 1.86. The normalized spacial score (nSPS) is 12.2. The van der Waals surface area contributed by atoms with E-state index in [-0.39, 0.29) is 5.41 Å². The van der Waals surface area contributed by atoms with Crippen LogP contribution >= 0.6 is 22.7 Å². The number of hydrogen-bond donors (Lipinski definition) is 1. The molecule has 0 saturated carbocycles. The highest BCUT2D eigenvalue weighted by Gasteiger charge is 2.20. The number of H-pyrrole nitrogens is 1. The van der Waals surface area contributed by atoms with E-state index in [2.05, 4.69) is 59.3 Å². The average Bonchev–Trinajstić information content (AvgIpc) is 3.23. The van der Waals surface area contributed by atoms with Gasteiger partial charge in [0.05, 0.1) is 21.4 Å². The van der Waals surface area contributed by atoms with Gasteiger partial charge in [0, 0.05) is 23.1 Å². The summed E-state index contributed by atoms with van der Waals surface area (Å²) in [5.41, 5.74) is 7.25. The summed E-state index contributed by atoms with van der Waals surface area (Å²) in [6, 6.07) is 6.37. The van der Waals surface area contributed by atoms with Gasteiger partial charge in [-0.3, -0.25) is 0 Å². The molecule has 0 aliphatic carbocycles. The quantitative estimate of drug-likeness (QED) is 0.504. The summed E-state index contributed by atoms with van der Waals surface area (Å²) in [6.45, 7) is 8.70. The number of hydrogen-bond acceptors (Lipinski definition) is 5. The number of aryl methyl sites for hydroxylation is 1. The van der Waals surface area contributed by atoms with Crippen LogP contribution in [0.5, 0.6) is 0 Å². The monoisotopic (exact) mass is 368 g/mol. The fourth-order valence-electron chi connectivity index (χ4n) is 2.85. The van der Waals surface area contributed by atoms with Crippen molar-refractivity contribution in [2.24, 2.45) is 5.41 Å². The van der Waals surface area contributed by atoms with Gasteiger partial charge in [-0.15, -0.1) is 22.7 Å². The van der Waals surface area contributed by atoms with Gasteiger partial charge in [0.25, 0.3) is 0 Å². The third kappa shape index (κ3) is 3.37. The maximum absolute atomic E-state index is 4.90. The number of aromatic nitrogens is 4. The minimum atomic E-state index is 0.173. The smallest absolute Gasteiger partial charge is 0.144 e. The highest BCUT2D eigenvalue weighted by atomic mass is 32.1. The van der Waals surface area contributed by atoms with Crippen LogP contribution in [0.3, 0.4) is 0 Å². The second-order valence-corrected chi connectivity index (χ2v) is 9.22. The molecule has 6 heteroatoms. The average molecular weight is 369 g/mol. The summed E-state index contributed by atoms with van der Waals surface area (Å²) in [6.07, 6.45) is 0.896. The van der Waals surface area contributed by atoms with E-state index in [1.54, 1.807) is 22.7 Å². The van der Waals surface area contributed by atoms with E-state index < -0.39 is 0 Å². The SMILES string of the molecule is Cc1csc(-c2nc(CC(C)(C)C)[nH]c2-c2ccc3ncsc3c2)n1. The molecule has 0 bridgehead atoms. The number of rotatable bonds is 3. The van der Waals surface area contributed by atoms with Crippen molar-refractivity contribution in [1.82, 2.24) is 19.9 Å². The Morgan fingerprint density at radius 3 is 2.68 bits per heavy atom. The standard InChI is InChI=1S/C19H20N4S2/c1-11-9-24-18(21-11)17-16(22-15(23-17)8-19(2,3)4)12-5-6-13-14(7-12)25-10-20-13/h5-7,9-10H,8H2,1-4H3,(H,22,23). The molecule has 1 aromatic carbocycles. The van der Waals surface area contributed by atoms with Gasteiger partial charge in [0.2, 0.25) is 0 Å². The van der Waals surface area contributed by atoms with Crippen molar-refractivity contribution in [3.05, 3.63) is 40.6 Å². The van der Waals surface area contributed by atoms with Crippen LogP contribution in [0.1, 0.15) is 32.3 Å². The Hall–Kier alpha value is -2.05. The van der Waals surface area contributed by atoms with Crippen molar-refractivity contribution in [2.75, 3.05) is 0 Å². The molecule has 25 heavy (non-hydrogen) atoms. The molecule has 0 saturated heterocycles. The van der Waals surface area contributed by atoms with Crippen LogP contribution in [0, 0.1) is 12.3 Å². The first kappa shape index (κ1) is 16.4. The molecule has 0 unspecified atom stereocenters. The van der Waals surface area contributed by atoms with Crippen molar-refractivity contribution in [3.63, 3.8) is 0 Å². The van der Waals surface area contributed by atoms with Gasteiger partial charge in [-0.2, -0.15) is 0 Å². The van der Waals surface area contributed by atoms with Gasteiger partial charge >= 0.3 is 0 Å². The van der Waals surface area contributed by atoms with Gasteiger partial charge in [-0.05, 0) is 24.5 Å². The molecular formula is C19H20N4S2. The molecule has 0 radical (unpaired) electrons. The number of imidazole rings is 1. The van der Waals surface area contributed by atoms with Crippen LogP contribution in [-0.4, -0.2) is 19.9 Å². The predicted molar refractivity (Wildman–Crippen MR) is 106 cm³/mol. The first-order valence-electron chi connectivity index (χ1n) is 8.24. The third-order valence-corrected chi connectivity index (χ3v) is 5.65. The summed E-state index contributed by atoms with van der Waals surface area (Å²) >= 11 is 3.31. The van der Waals surface area contributed by atoms with Crippen molar-refractivity contribution >= 4 is 32.9 Å². The summed E-state index contributed by atoms with van der Waals surface area (Å²) < 4.78 is 1.19. The molecule has 1 N–H and O–H groups in total. The first-order valence-corrected chi connectivity index (χ1v) is 10.00. The molecule has 0 fully saturated rings. The zero-order valence-electron chi connectivity index (χ0n) is 14.8. The van der Waals surface area contributed by atoms with Crippen LogP contribution < -0.4 is 0 Å². The van der Waals surface area contributed by atoms with E-state index >= 15 is 0 Å². The number of fused-ring (bicyclic) bond motifs is 1. The van der Waals surface area contributed by atoms with E-state index in [4.69, 9.17) is 4.98 Å². The summed E-state index contributed by atoms with van der Waals surface area (Å²) in [4.78, 5) is 17.5. The van der Waals surface area contributed by atoms with E-state index in [0.717, 1.165) is 45.4 Å². The Morgan fingerprint density at radius 2 is 1.96 bits per heavy atom. The molecule has 0 aliphatic heterocycles. The molecule has 0 aliphatic rings. The summed E-state index contributed by atoms with van der Waals surface area (Å²) in [7, 11) is 0. The number of thiazole rings is 2. The number of nitrogens with zero attached hydrogens (tertiary/aromatic N) is 3. The van der Waals surface area contributed by atoms with Crippen molar-refractivity contribution in [1.29, 1.82) is 0 Å². The lowest BCUT2D eigenvalue weighted by atomic mass is 9.92. The number of benzene rings is 1. The Kier molecular flexibility index (Phi) is 3.96. The highest BCUT2D eigenvalue weighted by Crippen LogP contribution is 2.35. The summed E-state index contributed by atoms with van der Waals surface area (Å²) in [5.74, 6) is 1.01. The second-order valence-electron chi connectivity index (χ2n) is 7.47. The zero-order chi connectivity index (χ0) is 17.6. The van der Waals surface area contributed by atoms with Crippen LogP contribution in [-0.2, 0) is 6.42 Å². The predicted octanol–water partition coefficient (Wildman–Crippen LogP) is 5.71. The van der Waals surface area contributed by atoms with Gasteiger partial charge in [0.15, 0.2) is 0 Å². The van der Waals surface area contributed by atoms with Crippen LogP contribution in [0.25, 0.3) is 32.2 Å². The fourth-order valence-corrected chi connectivity index (χ4v) is 4.35. The second kappa shape index (κ2) is 6.04. The third-order valence-electron chi connectivity index (χ3n) is 3.89. The minimum absolute atomic E-state index is 0.173.